The molecule has 2 aliphatic rings. The maximum atomic E-state index is 14.3. The second-order valence-electron chi connectivity index (χ2n) is 9.28. The van der Waals surface area contributed by atoms with Gasteiger partial charge in [-0.25, -0.2) is 4.39 Å². The van der Waals surface area contributed by atoms with Gasteiger partial charge >= 0.3 is 0 Å². The van der Waals surface area contributed by atoms with Crippen molar-refractivity contribution in [3.05, 3.63) is 62.3 Å². The van der Waals surface area contributed by atoms with Crippen molar-refractivity contribution < 1.29 is 23.5 Å². The highest BCUT2D eigenvalue weighted by atomic mass is 35.5. The molecule has 2 aromatic rings. The lowest BCUT2D eigenvalue weighted by atomic mass is 10.0. The first-order chi connectivity index (χ1) is 17.3. The second-order valence-corrected chi connectivity index (χ2v) is 9.69. The van der Waals surface area contributed by atoms with Crippen molar-refractivity contribution in [2.24, 2.45) is 5.92 Å². The fraction of sp³-hybridized carbons (Fsp3) is 0.500. The zero-order valence-corrected chi connectivity index (χ0v) is 21.5. The highest BCUT2D eigenvalue weighted by molar-refractivity contribution is 6.30. The van der Waals surface area contributed by atoms with E-state index in [0.29, 0.717) is 26.1 Å². The number of carbonyl (C=O) groups is 2. The SMILES string of the molecule is CCCCOc1c2n(cc(C(=O)NCc3cccc(Cl)c3F)c1=O)C[C@]1(C[C@H]1COC)N(CC)C2=O. The normalized spacial score (nSPS) is 20.4. The fourth-order valence-electron chi connectivity index (χ4n) is 5.03. The van der Waals surface area contributed by atoms with E-state index in [1.54, 1.807) is 22.6 Å². The van der Waals surface area contributed by atoms with Gasteiger partial charge in [0.2, 0.25) is 5.43 Å². The van der Waals surface area contributed by atoms with Crippen LogP contribution in [0.15, 0.2) is 29.2 Å². The fourth-order valence-corrected chi connectivity index (χ4v) is 5.22. The summed E-state index contributed by atoms with van der Waals surface area (Å²) in [7, 11) is 1.63. The predicted molar refractivity (Wildman–Crippen MR) is 133 cm³/mol. The molecule has 2 amide bonds. The molecule has 1 aromatic carbocycles. The number of unbranched alkanes of at least 4 members (excludes halogenated alkanes) is 1. The summed E-state index contributed by atoms with van der Waals surface area (Å²) in [5, 5.41) is 2.55. The minimum Gasteiger partial charge on any atom is -0.487 e. The van der Waals surface area contributed by atoms with E-state index in [-0.39, 0.29) is 52.6 Å². The van der Waals surface area contributed by atoms with Gasteiger partial charge in [0.15, 0.2) is 11.4 Å². The lowest BCUT2D eigenvalue weighted by Gasteiger charge is -2.39. The molecule has 8 nitrogen and oxygen atoms in total. The molecular weight excluding hydrogens is 489 g/mol. The number of nitrogens with zero attached hydrogens (tertiary/aromatic N) is 2. The molecule has 2 atom stereocenters. The number of hydrogen-bond acceptors (Lipinski definition) is 5. The van der Waals surface area contributed by atoms with E-state index in [2.05, 4.69) is 5.32 Å². The minimum absolute atomic E-state index is 0.0541. The highest BCUT2D eigenvalue weighted by Crippen LogP contribution is 2.52. The molecule has 1 spiro atoms. The number of fused-ring (bicyclic) bond motifs is 1. The molecule has 1 fully saturated rings. The van der Waals surface area contributed by atoms with Crippen LogP contribution in [-0.2, 0) is 17.8 Å². The van der Waals surface area contributed by atoms with E-state index in [0.717, 1.165) is 12.8 Å². The third-order valence-electron chi connectivity index (χ3n) is 7.01. The zero-order valence-electron chi connectivity index (χ0n) is 20.7. The molecule has 1 N–H and O–H groups in total. The Morgan fingerprint density at radius 1 is 1.31 bits per heavy atom. The van der Waals surface area contributed by atoms with Crippen LogP contribution in [0.25, 0.3) is 0 Å². The number of pyridine rings is 1. The standard InChI is InChI=1S/C26H31ClFN3O5/c1-4-6-10-36-23-21-25(34)31(5-2)26(11-17(26)14-35-3)15-30(21)13-18(22(23)32)24(33)29-12-16-8-7-9-19(27)20(16)28/h7-9,13,17H,4-6,10-12,14-15H2,1-3H3,(H,29,33)/t17-,26-/m0/s1. The molecule has 194 valence electrons. The number of methoxy groups -OCH3 is 1. The smallest absolute Gasteiger partial charge is 0.275 e. The topological polar surface area (TPSA) is 89.9 Å². The Morgan fingerprint density at radius 2 is 2.08 bits per heavy atom. The van der Waals surface area contributed by atoms with Gasteiger partial charge < -0.3 is 24.3 Å². The average Bonchev–Trinajstić information content (AvgIpc) is 3.53. The molecular formula is C26H31ClFN3O5. The molecule has 2 heterocycles. The number of rotatable bonds is 10. The van der Waals surface area contributed by atoms with Crippen LogP contribution in [0.4, 0.5) is 4.39 Å². The van der Waals surface area contributed by atoms with Crippen molar-refractivity contribution in [1.82, 2.24) is 14.8 Å². The molecule has 1 saturated carbocycles. The maximum Gasteiger partial charge on any atom is 0.275 e. The molecule has 1 aliphatic heterocycles. The van der Waals surface area contributed by atoms with Crippen LogP contribution >= 0.6 is 11.6 Å². The van der Waals surface area contributed by atoms with Crippen LogP contribution in [0.3, 0.4) is 0 Å². The summed E-state index contributed by atoms with van der Waals surface area (Å²) in [6.45, 7) is 5.40. The Bertz CT molecular complexity index is 1230. The van der Waals surface area contributed by atoms with Crippen molar-refractivity contribution in [1.29, 1.82) is 0 Å². The number of halogens is 2. The van der Waals surface area contributed by atoms with E-state index < -0.39 is 22.7 Å². The summed E-state index contributed by atoms with van der Waals surface area (Å²) in [5.41, 5.74) is -0.900. The van der Waals surface area contributed by atoms with Gasteiger partial charge in [-0.2, -0.15) is 0 Å². The van der Waals surface area contributed by atoms with Crippen LogP contribution in [-0.4, -0.2) is 53.7 Å². The second kappa shape index (κ2) is 10.6. The largest absolute Gasteiger partial charge is 0.487 e. The number of hydrogen-bond donors (Lipinski definition) is 1. The summed E-state index contributed by atoms with van der Waals surface area (Å²) in [4.78, 5) is 41.9. The van der Waals surface area contributed by atoms with Gasteiger partial charge in [-0.3, -0.25) is 14.4 Å². The molecule has 1 aliphatic carbocycles. The number of benzene rings is 1. The van der Waals surface area contributed by atoms with Gasteiger partial charge in [-0.15, -0.1) is 0 Å². The summed E-state index contributed by atoms with van der Waals surface area (Å²) >= 11 is 5.83. The van der Waals surface area contributed by atoms with Gasteiger partial charge in [0.1, 0.15) is 11.4 Å². The number of likely N-dealkylation sites (N-methyl/N-ethyl adjacent to an activating group) is 1. The van der Waals surface area contributed by atoms with Gasteiger partial charge in [0, 0.05) is 44.4 Å². The van der Waals surface area contributed by atoms with Crippen LogP contribution in [0.2, 0.25) is 5.02 Å². The van der Waals surface area contributed by atoms with Crippen molar-refractivity contribution in [2.45, 2.75) is 51.7 Å². The lowest BCUT2D eigenvalue weighted by molar-refractivity contribution is 0.0489. The van der Waals surface area contributed by atoms with E-state index in [9.17, 15) is 18.8 Å². The zero-order chi connectivity index (χ0) is 26.0. The number of aromatic nitrogens is 1. The van der Waals surface area contributed by atoms with Gasteiger partial charge in [-0.05, 0) is 25.8 Å². The highest BCUT2D eigenvalue weighted by Gasteiger charge is 2.62. The van der Waals surface area contributed by atoms with Crippen LogP contribution in [0.1, 0.15) is 59.5 Å². The van der Waals surface area contributed by atoms with Crippen molar-refractivity contribution in [3.8, 4) is 5.75 Å². The molecule has 0 unspecified atom stereocenters. The summed E-state index contributed by atoms with van der Waals surface area (Å²) in [5.74, 6) is -1.56. The van der Waals surface area contributed by atoms with E-state index in [1.165, 1.54) is 18.3 Å². The molecule has 36 heavy (non-hydrogen) atoms. The van der Waals surface area contributed by atoms with Gasteiger partial charge in [-0.1, -0.05) is 37.1 Å². The average molecular weight is 520 g/mol. The first-order valence-electron chi connectivity index (χ1n) is 12.2. The van der Waals surface area contributed by atoms with Crippen molar-refractivity contribution in [2.75, 3.05) is 26.9 Å². The Labute approximate surface area is 214 Å². The van der Waals surface area contributed by atoms with Crippen LogP contribution in [0, 0.1) is 11.7 Å². The predicted octanol–water partition coefficient (Wildman–Crippen LogP) is 3.63. The summed E-state index contributed by atoms with van der Waals surface area (Å²) in [6, 6.07) is 4.50. The van der Waals surface area contributed by atoms with Crippen LogP contribution < -0.4 is 15.5 Å². The lowest BCUT2D eigenvalue weighted by Crippen LogP contribution is -2.52. The summed E-state index contributed by atoms with van der Waals surface area (Å²) in [6.07, 6.45) is 3.72. The van der Waals surface area contributed by atoms with E-state index in [4.69, 9.17) is 21.1 Å². The third kappa shape index (κ3) is 4.62. The van der Waals surface area contributed by atoms with E-state index >= 15 is 0 Å². The molecule has 4 rings (SSSR count). The molecule has 10 heteroatoms. The quantitative estimate of drug-likeness (QED) is 0.484. The third-order valence-corrected chi connectivity index (χ3v) is 7.30. The van der Waals surface area contributed by atoms with Crippen molar-refractivity contribution >= 4 is 23.4 Å². The van der Waals surface area contributed by atoms with E-state index in [1.807, 2.05) is 13.8 Å². The molecule has 0 radical (unpaired) electrons. The molecule has 0 bridgehead atoms. The van der Waals surface area contributed by atoms with Crippen molar-refractivity contribution in [3.63, 3.8) is 0 Å². The first-order valence-corrected chi connectivity index (χ1v) is 12.6. The number of ether oxygens (including phenoxy) is 2. The Morgan fingerprint density at radius 3 is 2.78 bits per heavy atom. The maximum absolute atomic E-state index is 14.3. The minimum atomic E-state index is -0.682. The number of nitrogens with one attached hydrogen (secondary N) is 1. The van der Waals surface area contributed by atoms with Gasteiger partial charge in [0.05, 0.1) is 23.8 Å². The number of amides is 2. The molecule has 0 saturated heterocycles. The van der Waals surface area contributed by atoms with Gasteiger partial charge in [0.25, 0.3) is 11.8 Å². The Balaban J connectivity index is 1.71. The van der Waals surface area contributed by atoms with Crippen LogP contribution in [0.5, 0.6) is 5.75 Å². The summed E-state index contributed by atoms with van der Waals surface area (Å²) < 4.78 is 27.1. The monoisotopic (exact) mass is 519 g/mol. The molecule has 1 aromatic heterocycles. The Hall–Kier alpha value is -2.91. The number of carbonyl (C=O) groups excluding carboxylic acids is 2. The first kappa shape index (κ1) is 26.2. The Kier molecular flexibility index (Phi) is 7.70.